The third-order valence-corrected chi connectivity index (χ3v) is 10.0. The van der Waals surface area contributed by atoms with Crippen molar-refractivity contribution in [1.29, 1.82) is 0 Å². The molecule has 0 aromatic heterocycles. The smallest absolute Gasteiger partial charge is 0.00610 e. The van der Waals surface area contributed by atoms with Gasteiger partial charge in [-0.15, -0.1) is 0 Å². The van der Waals surface area contributed by atoms with E-state index in [1.165, 1.54) is 77.9 Å². The summed E-state index contributed by atoms with van der Waals surface area (Å²) in [6.07, 6.45) is 1.00. The highest BCUT2D eigenvalue weighted by atomic mass is 14.2. The van der Waals surface area contributed by atoms with Gasteiger partial charge in [-0.2, -0.15) is 0 Å². The fraction of sp³-hybridized carbons (Fsp3) is 0.388. The summed E-state index contributed by atoms with van der Waals surface area (Å²) in [6, 6.07) is 35.9. The highest BCUT2D eigenvalue weighted by Crippen LogP contribution is 2.30. The lowest BCUT2D eigenvalue weighted by Crippen LogP contribution is -2.12. The van der Waals surface area contributed by atoms with Crippen molar-refractivity contribution in [3.05, 3.63) is 175 Å². The SMILES string of the molecule is Cc1cc(C(C)(C)C)cc(C)c1C.Cc1ccc(C(C)c2ccc(Cc3c(C)cc(C(C)(C)C)cc3C)cc2)cc1.Cc1ccc(C)cc1. The third kappa shape index (κ3) is 11.6. The largest absolute Gasteiger partial charge is 0.0591 e. The lowest BCUT2D eigenvalue weighted by molar-refractivity contribution is 0.588. The molecule has 1 unspecified atom stereocenters. The molecule has 1 atom stereocenters. The van der Waals surface area contributed by atoms with E-state index >= 15 is 0 Å². The second-order valence-electron chi connectivity index (χ2n) is 16.5. The van der Waals surface area contributed by atoms with Gasteiger partial charge < -0.3 is 0 Å². The van der Waals surface area contributed by atoms with Gasteiger partial charge in [0.15, 0.2) is 0 Å². The van der Waals surface area contributed by atoms with Gasteiger partial charge in [0.1, 0.15) is 0 Å². The Morgan fingerprint density at radius 1 is 0.429 bits per heavy atom. The predicted octanol–water partition coefficient (Wildman–Crippen LogP) is 13.9. The Bertz CT molecular complexity index is 1710. The van der Waals surface area contributed by atoms with Crippen molar-refractivity contribution >= 4 is 0 Å². The molecule has 5 rings (SSSR count). The van der Waals surface area contributed by atoms with Crippen molar-refractivity contribution < 1.29 is 0 Å². The number of aryl methyl sites for hydroxylation is 7. The van der Waals surface area contributed by atoms with Crippen LogP contribution >= 0.6 is 0 Å². The molecule has 0 spiro atoms. The Morgan fingerprint density at radius 2 is 0.735 bits per heavy atom. The van der Waals surface area contributed by atoms with Gasteiger partial charge in [-0.25, -0.2) is 0 Å². The molecule has 0 heterocycles. The monoisotopic (exact) mass is 653 g/mol. The van der Waals surface area contributed by atoms with Crippen LogP contribution in [0.25, 0.3) is 0 Å². The lowest BCUT2D eigenvalue weighted by Gasteiger charge is -2.22. The van der Waals surface area contributed by atoms with Crippen LogP contribution in [-0.4, -0.2) is 0 Å². The first kappa shape index (κ1) is 39.5. The maximum atomic E-state index is 2.37. The summed E-state index contributed by atoms with van der Waals surface area (Å²) in [4.78, 5) is 0. The molecule has 0 aliphatic rings. The van der Waals surface area contributed by atoms with Gasteiger partial charge >= 0.3 is 0 Å². The summed E-state index contributed by atoms with van der Waals surface area (Å²) < 4.78 is 0. The fourth-order valence-electron chi connectivity index (χ4n) is 5.99. The molecule has 0 fully saturated rings. The van der Waals surface area contributed by atoms with E-state index in [0.29, 0.717) is 5.92 Å². The molecule has 0 heteroatoms. The average molecular weight is 653 g/mol. The van der Waals surface area contributed by atoms with Crippen LogP contribution in [0.3, 0.4) is 0 Å². The standard InChI is InChI=1S/C28H34.C13H20.C8H10/c1-19-8-12-24(13-9-19)22(4)25-14-10-23(11-15-25)18-27-20(2)16-26(17-21(27)3)28(5,6)7;1-9-7-12(13(4,5)6)8-10(2)11(9)3;1-7-3-5-8(2)6-4-7/h8-17,22H,18H2,1-7H3;7-8H,1-6H3;3-6H,1-2H3. The van der Waals surface area contributed by atoms with E-state index in [1.807, 2.05) is 0 Å². The van der Waals surface area contributed by atoms with Crippen LogP contribution in [0.2, 0.25) is 0 Å². The van der Waals surface area contributed by atoms with Crippen LogP contribution < -0.4 is 0 Å². The maximum absolute atomic E-state index is 2.37. The van der Waals surface area contributed by atoms with Gasteiger partial charge in [-0.1, -0.05) is 162 Å². The van der Waals surface area contributed by atoms with Crippen LogP contribution in [0.15, 0.2) is 97.1 Å². The van der Waals surface area contributed by atoms with E-state index in [2.05, 4.69) is 201 Å². The molecule has 0 saturated carbocycles. The fourth-order valence-corrected chi connectivity index (χ4v) is 5.99. The first-order valence-electron chi connectivity index (χ1n) is 18.1. The quantitative estimate of drug-likeness (QED) is 0.181. The average Bonchev–Trinajstić information content (AvgIpc) is 3.03. The second kappa shape index (κ2) is 16.7. The second-order valence-corrected chi connectivity index (χ2v) is 16.5. The van der Waals surface area contributed by atoms with Gasteiger partial charge in [0, 0.05) is 5.92 Å². The predicted molar refractivity (Wildman–Crippen MR) is 218 cm³/mol. The first-order valence-corrected chi connectivity index (χ1v) is 18.1. The van der Waals surface area contributed by atoms with Crippen LogP contribution in [0.4, 0.5) is 0 Å². The van der Waals surface area contributed by atoms with Crippen molar-refractivity contribution in [2.24, 2.45) is 0 Å². The summed E-state index contributed by atoms with van der Waals surface area (Å²) in [5.74, 6) is 0.421. The van der Waals surface area contributed by atoms with E-state index in [1.54, 1.807) is 0 Å². The van der Waals surface area contributed by atoms with E-state index < -0.39 is 0 Å². The van der Waals surface area contributed by atoms with E-state index in [-0.39, 0.29) is 10.8 Å². The Labute approximate surface area is 301 Å². The Balaban J connectivity index is 0.000000253. The van der Waals surface area contributed by atoms with Gasteiger partial charge in [0.25, 0.3) is 0 Å². The number of hydrogen-bond donors (Lipinski definition) is 0. The normalized spacial score (nSPS) is 12.0. The Hall–Kier alpha value is -3.90. The van der Waals surface area contributed by atoms with Crippen LogP contribution in [0.5, 0.6) is 0 Å². The molecule has 5 aromatic carbocycles. The zero-order chi connectivity index (χ0) is 36.7. The summed E-state index contributed by atoms with van der Waals surface area (Å²) in [5.41, 5.74) is 20.0. The van der Waals surface area contributed by atoms with E-state index in [4.69, 9.17) is 0 Å². The minimum Gasteiger partial charge on any atom is -0.0591 e. The topological polar surface area (TPSA) is 0 Å². The lowest BCUT2D eigenvalue weighted by atomic mass is 9.83. The van der Waals surface area contributed by atoms with Crippen molar-refractivity contribution in [2.45, 2.75) is 127 Å². The molecule has 0 N–H and O–H groups in total. The summed E-state index contributed by atoms with van der Waals surface area (Å²) in [5, 5.41) is 0. The molecule has 0 aliphatic carbocycles. The maximum Gasteiger partial charge on any atom is 0.00610 e. The van der Waals surface area contributed by atoms with Crippen molar-refractivity contribution in [3.8, 4) is 0 Å². The van der Waals surface area contributed by atoms with Crippen LogP contribution in [0.1, 0.15) is 132 Å². The van der Waals surface area contributed by atoms with Gasteiger partial charge in [0.05, 0.1) is 0 Å². The summed E-state index contributed by atoms with van der Waals surface area (Å²) >= 11 is 0. The molecule has 0 amide bonds. The summed E-state index contributed by atoms with van der Waals surface area (Å²) in [6.45, 7) is 33.4. The van der Waals surface area contributed by atoms with Crippen LogP contribution in [0, 0.1) is 55.4 Å². The Kier molecular flexibility index (Phi) is 13.5. The van der Waals surface area contributed by atoms with Crippen LogP contribution in [-0.2, 0) is 17.3 Å². The van der Waals surface area contributed by atoms with E-state index in [9.17, 15) is 0 Å². The number of benzene rings is 5. The molecule has 5 aromatic rings. The molecule has 0 nitrogen and oxygen atoms in total. The molecule has 0 aliphatic heterocycles. The molecule has 0 bridgehead atoms. The van der Waals surface area contributed by atoms with Gasteiger partial charge in [-0.3, -0.25) is 0 Å². The van der Waals surface area contributed by atoms with Crippen molar-refractivity contribution in [1.82, 2.24) is 0 Å². The molecular formula is C49H64. The zero-order valence-corrected chi connectivity index (χ0v) is 33.5. The van der Waals surface area contributed by atoms with Gasteiger partial charge in [-0.05, 0) is 134 Å². The highest BCUT2D eigenvalue weighted by Gasteiger charge is 2.17. The Morgan fingerprint density at radius 3 is 1.08 bits per heavy atom. The number of rotatable bonds is 4. The zero-order valence-electron chi connectivity index (χ0n) is 33.5. The molecule has 49 heavy (non-hydrogen) atoms. The van der Waals surface area contributed by atoms with Gasteiger partial charge in [0.2, 0.25) is 0 Å². The minimum atomic E-state index is 0.196. The molecule has 260 valence electrons. The van der Waals surface area contributed by atoms with Crippen molar-refractivity contribution in [3.63, 3.8) is 0 Å². The minimum absolute atomic E-state index is 0.196. The molecule has 0 saturated heterocycles. The molecule has 0 radical (unpaired) electrons. The third-order valence-electron chi connectivity index (χ3n) is 10.0. The molecular weight excluding hydrogens is 589 g/mol. The van der Waals surface area contributed by atoms with E-state index in [0.717, 1.165) is 6.42 Å². The summed E-state index contributed by atoms with van der Waals surface area (Å²) in [7, 11) is 0. The first-order chi connectivity index (χ1) is 22.8. The van der Waals surface area contributed by atoms with Crippen molar-refractivity contribution in [2.75, 3.05) is 0 Å². The highest BCUT2D eigenvalue weighted by molar-refractivity contribution is 5.44. The number of hydrogen-bond acceptors (Lipinski definition) is 0.